The number of hydrogen-bond acceptors (Lipinski definition) is 0. The van der Waals surface area contributed by atoms with Gasteiger partial charge in [-0.1, -0.05) is 18.2 Å². The zero-order valence-electron chi connectivity index (χ0n) is 8.32. The Morgan fingerprint density at radius 3 is 2.06 bits per heavy atom. The van der Waals surface area contributed by atoms with Crippen molar-refractivity contribution in [3.05, 3.63) is 24.3 Å². The molecule has 1 aliphatic rings. The fraction of sp³-hybridized carbons (Fsp3) is 0.556. The summed E-state index contributed by atoms with van der Waals surface area (Å²) in [4.78, 5) is 0. The Kier molecular flexibility index (Phi) is 3.91. The van der Waals surface area contributed by atoms with Gasteiger partial charge in [-0.15, -0.1) is 0 Å². The smallest absolute Gasteiger partial charge is 0.246 e. The van der Waals surface area contributed by atoms with Gasteiger partial charge in [0.05, 0.1) is 7.92 Å². The average molecular weight is 280 g/mol. The third-order valence-corrected chi connectivity index (χ3v) is 4.65. The molecule has 0 saturated carbocycles. The Morgan fingerprint density at radius 1 is 1.12 bits per heavy atom. The monoisotopic (exact) mass is 280 g/mol. The molecule has 1 aliphatic carbocycles. The molecule has 0 saturated heterocycles. The molecule has 2 unspecified atom stereocenters. The molecule has 0 fully saturated rings. The molecule has 0 aromatic carbocycles. The summed E-state index contributed by atoms with van der Waals surface area (Å²) in [6.45, 7) is 0. The van der Waals surface area contributed by atoms with Gasteiger partial charge in [-0.05, 0) is 6.08 Å². The van der Waals surface area contributed by atoms with Gasteiger partial charge in [0.1, 0.15) is 6.42 Å². The fourth-order valence-electron chi connectivity index (χ4n) is 1.34. The van der Waals surface area contributed by atoms with Crippen LogP contribution in [0.25, 0.3) is 0 Å². The van der Waals surface area contributed by atoms with Crippen LogP contribution in [0.4, 0.5) is 30.7 Å². The van der Waals surface area contributed by atoms with Crippen LogP contribution in [0.5, 0.6) is 0 Å². The first-order valence-electron chi connectivity index (χ1n) is 4.47. The van der Waals surface area contributed by atoms with Crippen molar-refractivity contribution in [2.24, 2.45) is 0 Å². The second-order valence-electron chi connectivity index (χ2n) is 3.40. The SMILES string of the molecule is FCP(C1(F)C=CC=CC1)C(F)(F)C(F)(F)F. The number of alkyl halides is 7. The van der Waals surface area contributed by atoms with Crippen LogP contribution in [0.1, 0.15) is 6.42 Å². The molecule has 0 aromatic heterocycles. The highest BCUT2D eigenvalue weighted by Gasteiger charge is 2.67. The highest BCUT2D eigenvalue weighted by molar-refractivity contribution is 7.60. The van der Waals surface area contributed by atoms with Crippen LogP contribution in [0, 0.1) is 0 Å². The second kappa shape index (κ2) is 4.59. The van der Waals surface area contributed by atoms with Gasteiger partial charge in [-0.25, -0.2) is 8.78 Å². The summed E-state index contributed by atoms with van der Waals surface area (Å²) in [6, 6.07) is 0. The van der Waals surface area contributed by atoms with E-state index in [9.17, 15) is 30.7 Å². The topological polar surface area (TPSA) is 0 Å². The first kappa shape index (κ1) is 14.5. The van der Waals surface area contributed by atoms with Crippen molar-refractivity contribution in [1.82, 2.24) is 0 Å². The first-order chi connectivity index (χ1) is 7.65. The van der Waals surface area contributed by atoms with Gasteiger partial charge in [-0.3, -0.25) is 0 Å². The standard InChI is InChI=1S/C9H8F7P/c10-6-17(9(15,16)8(12,13)14)7(11)4-2-1-3-5-7/h1-4H,5-6H2. The van der Waals surface area contributed by atoms with Crippen LogP contribution in [0.2, 0.25) is 0 Å². The van der Waals surface area contributed by atoms with E-state index in [1.165, 1.54) is 6.08 Å². The molecular weight excluding hydrogens is 272 g/mol. The fourth-order valence-corrected chi connectivity index (χ4v) is 3.06. The highest BCUT2D eigenvalue weighted by Crippen LogP contribution is 2.68. The lowest BCUT2D eigenvalue weighted by molar-refractivity contribution is -0.242. The van der Waals surface area contributed by atoms with E-state index >= 15 is 0 Å². The van der Waals surface area contributed by atoms with Gasteiger partial charge >= 0.3 is 11.8 Å². The third kappa shape index (κ3) is 2.64. The van der Waals surface area contributed by atoms with Crippen molar-refractivity contribution in [3.8, 4) is 0 Å². The molecular formula is C9H8F7P. The van der Waals surface area contributed by atoms with Crippen LogP contribution in [0.15, 0.2) is 24.3 Å². The van der Waals surface area contributed by atoms with Crippen molar-refractivity contribution in [1.29, 1.82) is 0 Å². The van der Waals surface area contributed by atoms with Gasteiger partial charge < -0.3 is 0 Å². The van der Waals surface area contributed by atoms with Crippen molar-refractivity contribution < 1.29 is 30.7 Å². The predicted molar refractivity (Wildman–Crippen MR) is 50.6 cm³/mol. The van der Waals surface area contributed by atoms with Crippen molar-refractivity contribution >= 4 is 7.92 Å². The van der Waals surface area contributed by atoms with Crippen LogP contribution < -0.4 is 0 Å². The van der Waals surface area contributed by atoms with Crippen molar-refractivity contribution in [2.75, 3.05) is 6.42 Å². The lowest BCUT2D eigenvalue weighted by atomic mass is 10.1. The Labute approximate surface area is 93.9 Å². The normalized spacial score (nSPS) is 27.2. The molecule has 0 N–H and O–H groups in total. The Balaban J connectivity index is 3.07. The van der Waals surface area contributed by atoms with Gasteiger partial charge in [0.15, 0.2) is 5.41 Å². The molecule has 8 heteroatoms. The Bertz CT molecular complexity index is 333. The summed E-state index contributed by atoms with van der Waals surface area (Å²) in [5.41, 5.74) is -5.35. The zero-order valence-corrected chi connectivity index (χ0v) is 9.21. The number of halogens is 7. The van der Waals surface area contributed by atoms with E-state index in [1.807, 2.05) is 0 Å². The molecule has 98 valence electrons. The number of rotatable bonds is 3. The van der Waals surface area contributed by atoms with Gasteiger partial charge in [-0.2, -0.15) is 22.0 Å². The van der Waals surface area contributed by atoms with E-state index < -0.39 is 38.0 Å². The quantitative estimate of drug-likeness (QED) is 0.517. The number of allylic oxidation sites excluding steroid dienone is 4. The summed E-state index contributed by atoms with van der Waals surface area (Å²) < 4.78 is 88.6. The summed E-state index contributed by atoms with van der Waals surface area (Å²) in [7, 11) is -3.82. The van der Waals surface area contributed by atoms with E-state index in [2.05, 4.69) is 0 Å². The summed E-state index contributed by atoms with van der Waals surface area (Å²) in [6.07, 6.45) is -4.69. The molecule has 1 rings (SSSR count). The maximum absolute atomic E-state index is 13.9. The van der Waals surface area contributed by atoms with Crippen molar-refractivity contribution in [3.63, 3.8) is 0 Å². The summed E-state index contributed by atoms with van der Waals surface area (Å²) in [5.74, 6) is 0. The van der Waals surface area contributed by atoms with Gasteiger partial charge in [0.25, 0.3) is 0 Å². The van der Waals surface area contributed by atoms with E-state index in [4.69, 9.17) is 0 Å². The minimum Gasteiger partial charge on any atom is -0.246 e. The van der Waals surface area contributed by atoms with Crippen LogP contribution >= 0.6 is 7.92 Å². The minimum atomic E-state index is -5.95. The molecule has 0 radical (unpaired) electrons. The average Bonchev–Trinajstić information content (AvgIpc) is 2.16. The minimum absolute atomic E-state index is 0.567. The van der Waals surface area contributed by atoms with E-state index in [1.54, 1.807) is 0 Å². The summed E-state index contributed by atoms with van der Waals surface area (Å²) in [5, 5.41) is -2.96. The van der Waals surface area contributed by atoms with E-state index in [0.717, 1.165) is 12.2 Å². The highest BCUT2D eigenvalue weighted by atomic mass is 31.1. The van der Waals surface area contributed by atoms with Crippen molar-refractivity contribution in [2.45, 2.75) is 23.7 Å². The summed E-state index contributed by atoms with van der Waals surface area (Å²) >= 11 is 0. The third-order valence-electron chi connectivity index (χ3n) is 2.25. The molecule has 2 atom stereocenters. The molecule has 0 aromatic rings. The predicted octanol–water partition coefficient (Wildman–Crippen LogP) is 4.73. The first-order valence-corrected chi connectivity index (χ1v) is 5.99. The lowest BCUT2D eigenvalue weighted by Crippen LogP contribution is -2.40. The molecule has 0 bridgehead atoms. The maximum Gasteiger partial charge on any atom is 0.457 e. The molecule has 0 heterocycles. The van der Waals surface area contributed by atoms with Gasteiger partial charge in [0, 0.05) is 6.42 Å². The lowest BCUT2D eigenvalue weighted by Gasteiger charge is -2.36. The molecule has 0 aliphatic heterocycles. The molecule has 0 nitrogen and oxygen atoms in total. The van der Waals surface area contributed by atoms with Gasteiger partial charge in [0.2, 0.25) is 0 Å². The van der Waals surface area contributed by atoms with E-state index in [-0.39, 0.29) is 0 Å². The number of hydrogen-bond donors (Lipinski definition) is 0. The van der Waals surface area contributed by atoms with Crippen LogP contribution in [-0.2, 0) is 0 Å². The Morgan fingerprint density at radius 2 is 1.71 bits per heavy atom. The largest absolute Gasteiger partial charge is 0.457 e. The zero-order chi connectivity index (χ0) is 13.3. The molecule has 0 spiro atoms. The maximum atomic E-state index is 13.9. The van der Waals surface area contributed by atoms with Crippen LogP contribution in [0.3, 0.4) is 0 Å². The Hall–Kier alpha value is -0.580. The van der Waals surface area contributed by atoms with E-state index in [0.29, 0.717) is 6.08 Å². The molecule has 0 amide bonds. The molecule has 17 heavy (non-hydrogen) atoms. The second-order valence-corrected chi connectivity index (χ2v) is 5.80. The van der Waals surface area contributed by atoms with Crippen LogP contribution in [-0.4, -0.2) is 23.7 Å².